The lowest BCUT2D eigenvalue weighted by molar-refractivity contribution is 0.102. The maximum Gasteiger partial charge on any atom is 0.277 e. The number of nitrogens with zero attached hydrogens (tertiary/aromatic N) is 2. The molecule has 0 aliphatic rings. The zero-order chi connectivity index (χ0) is 18.0. The van der Waals surface area contributed by atoms with Gasteiger partial charge in [0.05, 0.1) is 11.3 Å². The minimum Gasteiger partial charge on any atom is -0.411 e. The first-order chi connectivity index (χ1) is 12.0. The summed E-state index contributed by atoms with van der Waals surface area (Å²) in [5, 5.41) is 7.99. The van der Waals surface area contributed by atoms with Crippen LogP contribution in [0.15, 0.2) is 46.0 Å². The van der Waals surface area contributed by atoms with Gasteiger partial charge in [-0.1, -0.05) is 41.6 Å². The van der Waals surface area contributed by atoms with E-state index in [2.05, 4.69) is 10.2 Å². The molecule has 0 bridgehead atoms. The van der Waals surface area contributed by atoms with Crippen molar-refractivity contribution in [1.29, 1.82) is 0 Å². The highest BCUT2D eigenvalue weighted by Gasteiger charge is 2.17. The fraction of sp³-hybridized carbons (Fsp3) is 0.211. The van der Waals surface area contributed by atoms with Gasteiger partial charge in [-0.05, 0) is 44.0 Å². The normalized spacial score (nSPS) is 10.9. The molecule has 25 heavy (non-hydrogen) atoms. The Morgan fingerprint density at radius 3 is 2.48 bits per heavy atom. The minimum atomic E-state index is -0.426. The van der Waals surface area contributed by atoms with Crippen LogP contribution in [-0.4, -0.2) is 21.7 Å². The van der Waals surface area contributed by atoms with E-state index in [-0.39, 0.29) is 28.2 Å². The van der Waals surface area contributed by atoms with Crippen LogP contribution in [0.25, 0.3) is 11.5 Å². The van der Waals surface area contributed by atoms with Gasteiger partial charge in [0.15, 0.2) is 5.78 Å². The molecule has 0 amide bonds. The van der Waals surface area contributed by atoms with Crippen molar-refractivity contribution >= 4 is 17.5 Å². The number of carbonyl (C=O) groups is 1. The van der Waals surface area contributed by atoms with Crippen molar-refractivity contribution in [2.75, 3.05) is 5.75 Å². The molecule has 4 nitrogen and oxygen atoms in total. The molecule has 2 aromatic carbocycles. The predicted octanol–water partition coefficient (Wildman–Crippen LogP) is 4.78. The molecule has 0 aliphatic heterocycles. The Morgan fingerprint density at radius 2 is 1.80 bits per heavy atom. The number of hydrogen-bond acceptors (Lipinski definition) is 5. The summed E-state index contributed by atoms with van der Waals surface area (Å²) in [6, 6.07) is 10.2. The second-order valence-corrected chi connectivity index (χ2v) is 6.77. The van der Waals surface area contributed by atoms with Gasteiger partial charge in [0.25, 0.3) is 11.1 Å². The average molecular weight is 356 g/mol. The summed E-state index contributed by atoms with van der Waals surface area (Å²) in [6.45, 7) is 5.87. The van der Waals surface area contributed by atoms with Crippen LogP contribution in [0.5, 0.6) is 0 Å². The summed E-state index contributed by atoms with van der Waals surface area (Å²) in [6.07, 6.45) is 0. The number of benzene rings is 2. The number of aromatic nitrogens is 2. The summed E-state index contributed by atoms with van der Waals surface area (Å²) >= 11 is 1.15. The summed E-state index contributed by atoms with van der Waals surface area (Å²) in [7, 11) is 0. The fourth-order valence-corrected chi connectivity index (χ4v) is 3.47. The molecule has 0 unspecified atom stereocenters. The van der Waals surface area contributed by atoms with E-state index in [1.165, 1.54) is 6.07 Å². The van der Waals surface area contributed by atoms with Crippen LogP contribution in [0.3, 0.4) is 0 Å². The third kappa shape index (κ3) is 3.79. The quantitative estimate of drug-likeness (QED) is 0.486. The number of hydrogen-bond donors (Lipinski definition) is 0. The topological polar surface area (TPSA) is 56.0 Å². The molecule has 0 radical (unpaired) electrons. The lowest BCUT2D eigenvalue weighted by Crippen LogP contribution is -2.07. The highest BCUT2D eigenvalue weighted by Crippen LogP contribution is 2.26. The standard InChI is InChI=1S/C19H17FN2O2S/c1-11-8-12(2)17(13(3)9-11)16(23)10-25-19-22-21-18(24-19)14-6-4-5-7-15(14)20/h4-9H,10H2,1-3H3. The van der Waals surface area contributed by atoms with Crippen molar-refractivity contribution in [2.45, 2.75) is 26.0 Å². The van der Waals surface area contributed by atoms with E-state index < -0.39 is 5.82 Å². The first kappa shape index (κ1) is 17.4. The van der Waals surface area contributed by atoms with Crippen molar-refractivity contribution in [1.82, 2.24) is 10.2 Å². The Morgan fingerprint density at radius 1 is 1.12 bits per heavy atom. The molecule has 3 aromatic rings. The van der Waals surface area contributed by atoms with Crippen LogP contribution in [0.4, 0.5) is 4.39 Å². The Labute approximate surface area is 149 Å². The lowest BCUT2D eigenvalue weighted by atomic mass is 9.97. The molecule has 0 aliphatic carbocycles. The molecule has 1 aromatic heterocycles. The van der Waals surface area contributed by atoms with Gasteiger partial charge in [0, 0.05) is 5.56 Å². The van der Waals surface area contributed by atoms with E-state index in [1.807, 2.05) is 32.9 Å². The number of carbonyl (C=O) groups excluding carboxylic acids is 1. The Balaban J connectivity index is 1.73. The first-order valence-electron chi connectivity index (χ1n) is 7.78. The third-order valence-electron chi connectivity index (χ3n) is 3.79. The highest BCUT2D eigenvalue weighted by atomic mass is 32.2. The van der Waals surface area contributed by atoms with Crippen molar-refractivity contribution in [3.05, 3.63) is 64.5 Å². The van der Waals surface area contributed by atoms with Crippen molar-refractivity contribution in [3.63, 3.8) is 0 Å². The van der Waals surface area contributed by atoms with Crippen LogP contribution in [0.1, 0.15) is 27.0 Å². The van der Waals surface area contributed by atoms with Crippen molar-refractivity contribution < 1.29 is 13.6 Å². The number of ketones is 1. The van der Waals surface area contributed by atoms with E-state index in [0.717, 1.165) is 34.0 Å². The number of Topliss-reactive ketones (excluding diaryl/α,β-unsaturated/α-hetero) is 1. The summed E-state index contributed by atoms with van der Waals surface area (Å²) < 4.78 is 19.2. The highest BCUT2D eigenvalue weighted by molar-refractivity contribution is 7.99. The van der Waals surface area contributed by atoms with Gasteiger partial charge in [-0.25, -0.2) is 4.39 Å². The molecule has 3 rings (SSSR count). The van der Waals surface area contributed by atoms with Gasteiger partial charge in [0.2, 0.25) is 0 Å². The molecule has 0 saturated heterocycles. The maximum absolute atomic E-state index is 13.8. The zero-order valence-electron chi connectivity index (χ0n) is 14.2. The minimum absolute atomic E-state index is 0.00522. The third-order valence-corrected chi connectivity index (χ3v) is 4.61. The van der Waals surface area contributed by atoms with Gasteiger partial charge in [-0.2, -0.15) is 0 Å². The van der Waals surface area contributed by atoms with Gasteiger partial charge >= 0.3 is 0 Å². The molecule has 0 atom stereocenters. The van der Waals surface area contributed by atoms with Gasteiger partial charge < -0.3 is 4.42 Å². The first-order valence-corrected chi connectivity index (χ1v) is 8.76. The molecule has 0 spiro atoms. The smallest absolute Gasteiger partial charge is 0.277 e. The van der Waals surface area contributed by atoms with Crippen LogP contribution < -0.4 is 0 Å². The summed E-state index contributed by atoms with van der Waals surface area (Å²) in [4.78, 5) is 12.5. The number of rotatable bonds is 5. The molecule has 128 valence electrons. The van der Waals surface area contributed by atoms with E-state index >= 15 is 0 Å². The van der Waals surface area contributed by atoms with Crippen molar-refractivity contribution in [2.24, 2.45) is 0 Å². The van der Waals surface area contributed by atoms with E-state index in [1.54, 1.807) is 18.2 Å². The van der Waals surface area contributed by atoms with Gasteiger partial charge in [0.1, 0.15) is 5.82 Å². The molecule has 0 saturated carbocycles. The van der Waals surface area contributed by atoms with Crippen LogP contribution >= 0.6 is 11.8 Å². The average Bonchev–Trinajstić information content (AvgIpc) is 3.01. The largest absolute Gasteiger partial charge is 0.411 e. The molecular weight excluding hydrogens is 339 g/mol. The maximum atomic E-state index is 13.8. The molecule has 0 fully saturated rings. The van der Waals surface area contributed by atoms with Gasteiger partial charge in [-0.15, -0.1) is 10.2 Å². The summed E-state index contributed by atoms with van der Waals surface area (Å²) in [5.41, 5.74) is 4.03. The Hall–Kier alpha value is -2.47. The van der Waals surface area contributed by atoms with E-state index in [4.69, 9.17) is 4.42 Å². The van der Waals surface area contributed by atoms with E-state index in [0.29, 0.717) is 0 Å². The fourth-order valence-electron chi connectivity index (χ4n) is 2.83. The number of aryl methyl sites for hydroxylation is 3. The second kappa shape index (κ2) is 7.19. The lowest BCUT2D eigenvalue weighted by Gasteiger charge is -2.09. The number of halogens is 1. The number of thioether (sulfide) groups is 1. The SMILES string of the molecule is Cc1cc(C)c(C(=O)CSc2nnc(-c3ccccc3F)o2)c(C)c1. The van der Waals surface area contributed by atoms with Crippen LogP contribution in [0, 0.1) is 26.6 Å². The summed E-state index contributed by atoms with van der Waals surface area (Å²) in [5.74, 6) is -0.130. The molecule has 1 heterocycles. The molecule has 6 heteroatoms. The Bertz CT molecular complexity index is 914. The van der Waals surface area contributed by atoms with Gasteiger partial charge in [-0.3, -0.25) is 4.79 Å². The zero-order valence-corrected chi connectivity index (χ0v) is 15.0. The van der Waals surface area contributed by atoms with Crippen LogP contribution in [0.2, 0.25) is 0 Å². The van der Waals surface area contributed by atoms with E-state index in [9.17, 15) is 9.18 Å². The second-order valence-electron chi connectivity index (χ2n) is 5.84. The van der Waals surface area contributed by atoms with Crippen LogP contribution in [-0.2, 0) is 0 Å². The molecule has 0 N–H and O–H groups in total. The monoisotopic (exact) mass is 356 g/mol. The molecular formula is C19H17FN2O2S. The van der Waals surface area contributed by atoms with Crippen molar-refractivity contribution in [3.8, 4) is 11.5 Å². The predicted molar refractivity (Wildman–Crippen MR) is 95.4 cm³/mol. The Kier molecular flexibility index (Phi) is 4.99.